The maximum absolute atomic E-state index is 11.6. The fourth-order valence-electron chi connectivity index (χ4n) is 1.91. The van der Waals surface area contributed by atoms with Gasteiger partial charge in [0.15, 0.2) is 0 Å². The minimum atomic E-state index is -0.0710. The molecule has 0 saturated carbocycles. The summed E-state index contributed by atoms with van der Waals surface area (Å²) < 4.78 is 0. The quantitative estimate of drug-likeness (QED) is 0.744. The number of carbonyl (C=O) groups excluding carboxylic acids is 1. The van der Waals surface area contributed by atoms with Gasteiger partial charge in [0.1, 0.15) is 0 Å². The summed E-state index contributed by atoms with van der Waals surface area (Å²) in [4.78, 5) is 11.6. The van der Waals surface area contributed by atoms with Gasteiger partial charge in [0.25, 0.3) is 0 Å². The van der Waals surface area contributed by atoms with E-state index in [9.17, 15) is 4.79 Å². The van der Waals surface area contributed by atoms with Gasteiger partial charge >= 0.3 is 0 Å². The van der Waals surface area contributed by atoms with E-state index in [1.807, 2.05) is 0 Å². The van der Waals surface area contributed by atoms with Gasteiger partial charge < -0.3 is 5.32 Å². The van der Waals surface area contributed by atoms with E-state index < -0.39 is 0 Å². The summed E-state index contributed by atoms with van der Waals surface area (Å²) >= 11 is 3.40. The van der Waals surface area contributed by atoms with Crippen LogP contribution in [-0.4, -0.2) is 17.3 Å². The van der Waals surface area contributed by atoms with E-state index in [2.05, 4.69) is 35.1 Å². The summed E-state index contributed by atoms with van der Waals surface area (Å²) in [6.45, 7) is 4.19. The summed E-state index contributed by atoms with van der Waals surface area (Å²) in [7, 11) is 0. The van der Waals surface area contributed by atoms with Crippen molar-refractivity contribution in [2.45, 2.75) is 39.2 Å². The summed E-state index contributed by atoms with van der Waals surface area (Å²) in [6.07, 6.45) is 2.90. The van der Waals surface area contributed by atoms with Crippen molar-refractivity contribution in [3.8, 4) is 0 Å². The molecule has 1 aliphatic rings. The van der Waals surface area contributed by atoms with Gasteiger partial charge in [-0.15, -0.1) is 0 Å². The van der Waals surface area contributed by atoms with E-state index >= 15 is 0 Å². The van der Waals surface area contributed by atoms with Gasteiger partial charge in [-0.1, -0.05) is 29.8 Å². The molecule has 0 aromatic carbocycles. The van der Waals surface area contributed by atoms with Crippen molar-refractivity contribution in [1.29, 1.82) is 0 Å². The maximum atomic E-state index is 11.6. The first-order valence-electron chi connectivity index (χ1n) is 4.55. The Morgan fingerprint density at radius 3 is 2.42 bits per heavy atom. The minimum Gasteiger partial charge on any atom is -0.352 e. The van der Waals surface area contributed by atoms with Crippen molar-refractivity contribution in [3.05, 3.63) is 0 Å². The predicted octanol–water partition coefficient (Wildman–Crippen LogP) is 2.08. The van der Waals surface area contributed by atoms with Crippen LogP contribution in [-0.2, 0) is 4.79 Å². The Labute approximate surface area is 82.2 Å². The Balaban J connectivity index is 2.72. The molecule has 1 rings (SSSR count). The zero-order valence-corrected chi connectivity index (χ0v) is 9.28. The molecule has 1 N–H and O–H groups in total. The third kappa shape index (κ3) is 1.51. The van der Waals surface area contributed by atoms with Crippen molar-refractivity contribution in [3.63, 3.8) is 0 Å². The van der Waals surface area contributed by atoms with Gasteiger partial charge in [-0.3, -0.25) is 4.79 Å². The number of halogens is 1. The monoisotopic (exact) mass is 233 g/mol. The molecule has 0 aromatic heterocycles. The highest BCUT2D eigenvalue weighted by Crippen LogP contribution is 2.37. The molecule has 0 aromatic rings. The van der Waals surface area contributed by atoms with E-state index in [1.165, 1.54) is 0 Å². The molecule has 1 aliphatic heterocycles. The van der Waals surface area contributed by atoms with Crippen molar-refractivity contribution in [1.82, 2.24) is 5.32 Å². The minimum absolute atomic E-state index is 0.0710. The smallest absolute Gasteiger partial charge is 0.226 e. The number of hydrogen-bond donors (Lipinski definition) is 1. The molecular formula is C9H16BrNO. The van der Waals surface area contributed by atoms with E-state index in [0.717, 1.165) is 24.6 Å². The van der Waals surface area contributed by atoms with Crippen LogP contribution in [0.2, 0.25) is 0 Å². The van der Waals surface area contributed by atoms with Crippen LogP contribution >= 0.6 is 15.9 Å². The first-order chi connectivity index (χ1) is 5.68. The Kier molecular flexibility index (Phi) is 3.16. The second kappa shape index (κ2) is 3.77. The molecule has 2 nitrogen and oxygen atoms in total. The topological polar surface area (TPSA) is 29.1 Å². The number of carbonyl (C=O) groups is 1. The Morgan fingerprint density at radius 2 is 2.17 bits per heavy atom. The van der Waals surface area contributed by atoms with E-state index in [1.54, 1.807) is 0 Å². The second-order valence-corrected chi connectivity index (χ2v) is 4.16. The molecule has 0 aliphatic carbocycles. The lowest BCUT2D eigenvalue weighted by Gasteiger charge is -2.21. The third-order valence-corrected chi connectivity index (χ3v) is 3.78. The van der Waals surface area contributed by atoms with Crippen LogP contribution in [0.4, 0.5) is 0 Å². The molecule has 1 fully saturated rings. The lowest BCUT2D eigenvalue weighted by Crippen LogP contribution is -2.31. The molecule has 70 valence electrons. The molecule has 0 unspecified atom stereocenters. The summed E-state index contributed by atoms with van der Waals surface area (Å²) in [5, 5.41) is 3.89. The number of hydrogen-bond acceptors (Lipinski definition) is 1. The molecule has 0 bridgehead atoms. The van der Waals surface area contributed by atoms with Crippen molar-refractivity contribution < 1.29 is 4.79 Å². The predicted molar refractivity (Wildman–Crippen MR) is 53.4 cm³/mol. The molecule has 3 heteroatoms. The van der Waals surface area contributed by atoms with Crippen LogP contribution in [0.1, 0.15) is 33.1 Å². The number of nitrogens with one attached hydrogen (secondary N) is 1. The summed E-state index contributed by atoms with van der Waals surface area (Å²) in [6, 6.07) is 0.345. The van der Waals surface area contributed by atoms with E-state index in [4.69, 9.17) is 0 Å². The van der Waals surface area contributed by atoms with Crippen molar-refractivity contribution in [2.24, 2.45) is 5.41 Å². The van der Waals surface area contributed by atoms with Gasteiger partial charge in [-0.25, -0.2) is 0 Å². The average molecular weight is 234 g/mol. The largest absolute Gasteiger partial charge is 0.352 e. The lowest BCUT2D eigenvalue weighted by molar-refractivity contribution is -0.128. The molecule has 12 heavy (non-hydrogen) atoms. The van der Waals surface area contributed by atoms with E-state index in [-0.39, 0.29) is 11.3 Å². The molecule has 0 spiro atoms. The van der Waals surface area contributed by atoms with Crippen LogP contribution in [0, 0.1) is 5.41 Å². The summed E-state index contributed by atoms with van der Waals surface area (Å²) in [5.41, 5.74) is -0.0710. The average Bonchev–Trinajstić information content (AvgIpc) is 2.43. The standard InChI is InChI=1S/C9H16BrNO/c1-3-9(4-2)5-7(6-10)11-8(9)12/h7H,3-6H2,1-2H3,(H,11,12)/t7-/m1/s1. The first kappa shape index (κ1) is 10.0. The van der Waals surface area contributed by atoms with Crippen LogP contribution in [0.5, 0.6) is 0 Å². The highest BCUT2D eigenvalue weighted by Gasteiger charge is 2.43. The van der Waals surface area contributed by atoms with Crippen molar-refractivity contribution in [2.75, 3.05) is 5.33 Å². The zero-order chi connectivity index (χ0) is 9.19. The third-order valence-electron chi connectivity index (χ3n) is 2.99. The Bertz CT molecular complexity index is 177. The Hall–Kier alpha value is -0.0500. The Morgan fingerprint density at radius 1 is 1.58 bits per heavy atom. The molecule has 0 radical (unpaired) electrons. The van der Waals surface area contributed by atoms with Crippen molar-refractivity contribution >= 4 is 21.8 Å². The fourth-order valence-corrected chi connectivity index (χ4v) is 2.30. The maximum Gasteiger partial charge on any atom is 0.226 e. The van der Waals surface area contributed by atoms with Gasteiger partial charge in [0.2, 0.25) is 5.91 Å². The second-order valence-electron chi connectivity index (χ2n) is 3.52. The molecule has 1 saturated heterocycles. The summed E-state index contributed by atoms with van der Waals surface area (Å²) in [5.74, 6) is 0.247. The molecule has 1 atom stereocenters. The number of alkyl halides is 1. The van der Waals surface area contributed by atoms with Gasteiger partial charge in [0.05, 0.1) is 5.41 Å². The SMILES string of the molecule is CCC1(CC)C[C@H](CBr)NC1=O. The van der Waals surface area contributed by atoms with Gasteiger partial charge in [-0.2, -0.15) is 0 Å². The van der Waals surface area contributed by atoms with Gasteiger partial charge in [-0.05, 0) is 19.3 Å². The van der Waals surface area contributed by atoms with Crippen LogP contribution in [0.15, 0.2) is 0 Å². The fraction of sp³-hybridized carbons (Fsp3) is 0.889. The highest BCUT2D eigenvalue weighted by molar-refractivity contribution is 9.09. The molecular weight excluding hydrogens is 218 g/mol. The zero-order valence-electron chi connectivity index (χ0n) is 7.69. The highest BCUT2D eigenvalue weighted by atomic mass is 79.9. The van der Waals surface area contributed by atoms with E-state index in [0.29, 0.717) is 6.04 Å². The number of rotatable bonds is 3. The van der Waals surface area contributed by atoms with Gasteiger partial charge in [0, 0.05) is 11.4 Å². The molecule has 1 heterocycles. The van der Waals surface area contributed by atoms with Crippen LogP contribution in [0.25, 0.3) is 0 Å². The number of amides is 1. The molecule has 1 amide bonds. The normalized spacial score (nSPS) is 27.2. The van der Waals surface area contributed by atoms with Crippen LogP contribution < -0.4 is 5.32 Å². The first-order valence-corrected chi connectivity index (χ1v) is 5.67. The van der Waals surface area contributed by atoms with Crippen LogP contribution in [0.3, 0.4) is 0 Å². The lowest BCUT2D eigenvalue weighted by atomic mass is 9.80.